The Balaban J connectivity index is 2.06. The molecule has 0 saturated carbocycles. The maximum atomic E-state index is 5.47. The maximum absolute atomic E-state index is 5.47. The van der Waals surface area contributed by atoms with Crippen LogP contribution in [0.4, 0.5) is 0 Å². The summed E-state index contributed by atoms with van der Waals surface area (Å²) in [5.41, 5.74) is 1.19. The van der Waals surface area contributed by atoms with Crippen LogP contribution in [0, 0.1) is 0 Å². The Bertz CT molecular complexity index is 405. The molecule has 0 bridgehead atoms. The van der Waals surface area contributed by atoms with Gasteiger partial charge in [-0.05, 0) is 31.6 Å². The minimum absolute atomic E-state index is 0.296. The third-order valence-electron chi connectivity index (χ3n) is 3.55. The first kappa shape index (κ1) is 14.5. The predicted molar refractivity (Wildman–Crippen MR) is 81.4 cm³/mol. The lowest BCUT2D eigenvalue weighted by Crippen LogP contribution is -2.35. The van der Waals surface area contributed by atoms with Crippen molar-refractivity contribution in [2.75, 3.05) is 25.7 Å². The van der Waals surface area contributed by atoms with Crippen molar-refractivity contribution in [2.24, 2.45) is 0 Å². The number of hydrogen-bond donors (Lipinski definition) is 1. The minimum atomic E-state index is 0.296. The van der Waals surface area contributed by atoms with Crippen molar-refractivity contribution in [3.63, 3.8) is 0 Å². The lowest BCUT2D eigenvalue weighted by molar-refractivity contribution is 0.380. The quantitative estimate of drug-likeness (QED) is 0.897. The zero-order valence-electron chi connectivity index (χ0n) is 11.9. The number of hydrogen-bond acceptors (Lipinski definition) is 4. The van der Waals surface area contributed by atoms with E-state index in [9.17, 15) is 0 Å². The molecule has 1 aliphatic heterocycles. The molecule has 0 amide bonds. The fourth-order valence-electron chi connectivity index (χ4n) is 2.49. The van der Waals surface area contributed by atoms with Gasteiger partial charge < -0.3 is 14.8 Å². The summed E-state index contributed by atoms with van der Waals surface area (Å²) in [5, 5.41) is 3.71. The zero-order chi connectivity index (χ0) is 13.7. The van der Waals surface area contributed by atoms with Crippen LogP contribution < -0.4 is 14.8 Å². The molecule has 1 aliphatic rings. The summed E-state index contributed by atoms with van der Waals surface area (Å²) in [6.07, 6.45) is 2.59. The average Bonchev–Trinajstić information content (AvgIpc) is 2.47. The molecule has 1 N–H and O–H groups in total. The van der Waals surface area contributed by atoms with E-state index in [0.717, 1.165) is 11.5 Å². The maximum Gasteiger partial charge on any atom is 0.127 e. The van der Waals surface area contributed by atoms with Crippen molar-refractivity contribution >= 4 is 11.8 Å². The van der Waals surface area contributed by atoms with Crippen LogP contribution in [0.2, 0.25) is 0 Å². The van der Waals surface area contributed by atoms with E-state index in [1.807, 2.05) is 23.9 Å². The molecule has 1 fully saturated rings. The molecule has 0 aliphatic carbocycles. The summed E-state index contributed by atoms with van der Waals surface area (Å²) < 4.78 is 10.7. The van der Waals surface area contributed by atoms with Crippen LogP contribution >= 0.6 is 11.8 Å². The van der Waals surface area contributed by atoms with Crippen LogP contribution in [0.5, 0.6) is 11.5 Å². The molecule has 4 heteroatoms. The van der Waals surface area contributed by atoms with Gasteiger partial charge in [0.05, 0.1) is 14.2 Å². The largest absolute Gasteiger partial charge is 0.497 e. The van der Waals surface area contributed by atoms with Gasteiger partial charge in [0.15, 0.2) is 0 Å². The number of nitrogens with one attached hydrogen (secondary N) is 1. The lowest BCUT2D eigenvalue weighted by Gasteiger charge is -2.27. The molecule has 0 aromatic heterocycles. The van der Waals surface area contributed by atoms with Crippen LogP contribution in [-0.2, 0) is 0 Å². The molecule has 0 radical (unpaired) electrons. The van der Waals surface area contributed by atoms with Gasteiger partial charge >= 0.3 is 0 Å². The molecule has 1 heterocycles. The fraction of sp³-hybridized carbons (Fsp3) is 0.600. The van der Waals surface area contributed by atoms with Gasteiger partial charge in [-0.1, -0.05) is 6.07 Å². The van der Waals surface area contributed by atoms with Gasteiger partial charge in [-0.3, -0.25) is 0 Å². The van der Waals surface area contributed by atoms with Crippen LogP contribution in [0.15, 0.2) is 18.2 Å². The number of rotatable bonds is 5. The monoisotopic (exact) mass is 281 g/mol. The molecule has 106 valence electrons. The predicted octanol–water partition coefficient (Wildman–Crippen LogP) is 3.25. The Morgan fingerprint density at radius 2 is 2.16 bits per heavy atom. The Hall–Kier alpha value is -0.870. The smallest absolute Gasteiger partial charge is 0.127 e. The molecule has 1 aromatic carbocycles. The summed E-state index contributed by atoms with van der Waals surface area (Å²) in [4.78, 5) is 0. The molecular formula is C15H23NO2S. The third kappa shape index (κ3) is 3.80. The van der Waals surface area contributed by atoms with Gasteiger partial charge in [0.2, 0.25) is 0 Å². The Morgan fingerprint density at radius 1 is 1.32 bits per heavy atom. The van der Waals surface area contributed by atoms with E-state index in [1.54, 1.807) is 14.2 Å². The molecule has 2 rings (SSSR count). The topological polar surface area (TPSA) is 30.5 Å². The van der Waals surface area contributed by atoms with E-state index in [2.05, 4.69) is 18.3 Å². The summed E-state index contributed by atoms with van der Waals surface area (Å²) in [7, 11) is 3.39. The number of ether oxygens (including phenoxy) is 2. The molecule has 2 unspecified atom stereocenters. The lowest BCUT2D eigenvalue weighted by atomic mass is 10.0. The second kappa shape index (κ2) is 7.06. The van der Waals surface area contributed by atoms with E-state index in [0.29, 0.717) is 12.1 Å². The summed E-state index contributed by atoms with van der Waals surface area (Å²) in [6, 6.07) is 6.94. The van der Waals surface area contributed by atoms with E-state index in [1.165, 1.54) is 29.9 Å². The SMILES string of the molecule is COc1ccc(C(C)NC2CCCSC2)c(OC)c1. The van der Waals surface area contributed by atoms with E-state index in [4.69, 9.17) is 9.47 Å². The van der Waals surface area contributed by atoms with Crippen molar-refractivity contribution in [1.29, 1.82) is 0 Å². The van der Waals surface area contributed by atoms with Crippen molar-refractivity contribution in [1.82, 2.24) is 5.32 Å². The van der Waals surface area contributed by atoms with Gasteiger partial charge in [-0.15, -0.1) is 0 Å². The van der Waals surface area contributed by atoms with Crippen molar-refractivity contribution in [2.45, 2.75) is 31.8 Å². The van der Waals surface area contributed by atoms with Gasteiger partial charge in [0.1, 0.15) is 11.5 Å². The normalized spacial score (nSPS) is 20.9. The Kier molecular flexibility index (Phi) is 5.40. The van der Waals surface area contributed by atoms with Crippen molar-refractivity contribution in [3.8, 4) is 11.5 Å². The Labute approximate surface area is 120 Å². The van der Waals surface area contributed by atoms with Crippen molar-refractivity contribution < 1.29 is 9.47 Å². The Morgan fingerprint density at radius 3 is 2.79 bits per heavy atom. The summed E-state index contributed by atoms with van der Waals surface area (Å²) in [6.45, 7) is 2.20. The van der Waals surface area contributed by atoms with E-state index >= 15 is 0 Å². The highest BCUT2D eigenvalue weighted by Crippen LogP contribution is 2.30. The molecule has 3 nitrogen and oxygen atoms in total. The minimum Gasteiger partial charge on any atom is -0.497 e. The number of thioether (sulfide) groups is 1. The highest BCUT2D eigenvalue weighted by molar-refractivity contribution is 7.99. The second-order valence-electron chi connectivity index (χ2n) is 4.91. The van der Waals surface area contributed by atoms with E-state index < -0.39 is 0 Å². The molecule has 2 atom stereocenters. The highest BCUT2D eigenvalue weighted by atomic mass is 32.2. The molecule has 19 heavy (non-hydrogen) atoms. The van der Waals surface area contributed by atoms with Gasteiger partial charge in [0, 0.05) is 29.5 Å². The van der Waals surface area contributed by atoms with Crippen LogP contribution in [0.25, 0.3) is 0 Å². The molecule has 1 aromatic rings. The number of methoxy groups -OCH3 is 2. The second-order valence-corrected chi connectivity index (χ2v) is 6.06. The molecular weight excluding hydrogens is 258 g/mol. The van der Waals surface area contributed by atoms with Gasteiger partial charge in [-0.25, -0.2) is 0 Å². The third-order valence-corrected chi connectivity index (χ3v) is 4.77. The summed E-state index contributed by atoms with van der Waals surface area (Å²) >= 11 is 2.04. The first-order chi connectivity index (χ1) is 9.24. The van der Waals surface area contributed by atoms with Gasteiger partial charge in [0.25, 0.3) is 0 Å². The van der Waals surface area contributed by atoms with Crippen LogP contribution in [0.1, 0.15) is 31.4 Å². The molecule has 0 spiro atoms. The zero-order valence-corrected chi connectivity index (χ0v) is 12.8. The molecule has 1 saturated heterocycles. The first-order valence-corrected chi connectivity index (χ1v) is 7.95. The number of benzene rings is 1. The van der Waals surface area contributed by atoms with Crippen LogP contribution in [-0.4, -0.2) is 31.8 Å². The van der Waals surface area contributed by atoms with E-state index in [-0.39, 0.29) is 0 Å². The standard InChI is InChI=1S/C15H23NO2S/c1-11(16-12-5-4-8-19-10-12)14-7-6-13(17-2)9-15(14)18-3/h6-7,9,11-12,16H,4-5,8,10H2,1-3H3. The highest BCUT2D eigenvalue weighted by Gasteiger charge is 2.19. The fourth-order valence-corrected chi connectivity index (χ4v) is 3.58. The van der Waals surface area contributed by atoms with Gasteiger partial charge in [-0.2, -0.15) is 11.8 Å². The summed E-state index contributed by atoms with van der Waals surface area (Å²) in [5.74, 6) is 4.24. The average molecular weight is 281 g/mol. The van der Waals surface area contributed by atoms with Crippen molar-refractivity contribution in [3.05, 3.63) is 23.8 Å². The van der Waals surface area contributed by atoms with Crippen LogP contribution in [0.3, 0.4) is 0 Å². The first-order valence-electron chi connectivity index (χ1n) is 6.80.